The molecule has 0 saturated carbocycles. The van der Waals surface area contributed by atoms with Crippen LogP contribution in [0.15, 0.2) is 47.6 Å². The summed E-state index contributed by atoms with van der Waals surface area (Å²) in [7, 11) is 0. The van der Waals surface area contributed by atoms with E-state index in [1.54, 1.807) is 42.5 Å². The number of hydrogen-bond donors (Lipinski definition) is 0. The van der Waals surface area contributed by atoms with E-state index in [-0.39, 0.29) is 10.3 Å². The van der Waals surface area contributed by atoms with Gasteiger partial charge in [-0.15, -0.1) is 0 Å². The van der Waals surface area contributed by atoms with Gasteiger partial charge in [-0.25, -0.2) is 9.78 Å². The van der Waals surface area contributed by atoms with Crippen LogP contribution in [-0.4, -0.2) is 17.2 Å². The topological polar surface area (TPSA) is 51.5 Å². The Labute approximate surface area is 119 Å². The van der Waals surface area contributed by atoms with Crippen LogP contribution in [0.5, 0.6) is 0 Å². The third kappa shape index (κ3) is 4.05. The molecule has 0 saturated heterocycles. The maximum Gasteiger partial charge on any atom is 0.365 e. The predicted molar refractivity (Wildman–Crippen MR) is 73.7 cm³/mol. The van der Waals surface area contributed by atoms with Crippen molar-refractivity contribution < 1.29 is 9.63 Å². The van der Waals surface area contributed by atoms with Crippen molar-refractivity contribution >= 4 is 35.4 Å². The Balaban J connectivity index is 2.02. The lowest BCUT2D eigenvalue weighted by molar-refractivity contribution is 0.0519. The molecule has 1 aromatic carbocycles. The number of aromatic nitrogens is 1. The maximum absolute atomic E-state index is 11.6. The highest BCUT2D eigenvalue weighted by atomic mass is 35.5. The third-order valence-corrected chi connectivity index (χ3v) is 2.52. The summed E-state index contributed by atoms with van der Waals surface area (Å²) >= 11 is 11.4. The lowest BCUT2D eigenvalue weighted by Crippen LogP contribution is -2.00. The largest absolute Gasteiger partial charge is 0.365 e. The molecule has 0 aliphatic carbocycles. The normalized spacial score (nSPS) is 10.6. The van der Waals surface area contributed by atoms with Crippen LogP contribution >= 0.6 is 23.2 Å². The Bertz CT molecular complexity index is 595. The fourth-order valence-electron chi connectivity index (χ4n) is 1.32. The predicted octanol–water partition coefficient (Wildman–Crippen LogP) is 3.58. The average Bonchev–Trinajstić information content (AvgIpc) is 2.38. The van der Waals surface area contributed by atoms with Gasteiger partial charge in [0.15, 0.2) is 0 Å². The number of hydrogen-bond acceptors (Lipinski definition) is 4. The van der Waals surface area contributed by atoms with Gasteiger partial charge in [-0.3, -0.25) is 0 Å². The molecule has 1 aromatic heterocycles. The molecule has 2 aromatic rings. The van der Waals surface area contributed by atoms with E-state index in [0.29, 0.717) is 11.1 Å². The fraction of sp³-hybridized carbons (Fsp3) is 0. The van der Waals surface area contributed by atoms with Gasteiger partial charge in [0, 0.05) is 5.56 Å². The average molecular weight is 295 g/mol. The van der Waals surface area contributed by atoms with Gasteiger partial charge in [-0.1, -0.05) is 46.6 Å². The van der Waals surface area contributed by atoms with Gasteiger partial charge in [-0.2, -0.15) is 0 Å². The first-order valence-electron chi connectivity index (χ1n) is 5.28. The molecular weight excluding hydrogens is 287 g/mol. The van der Waals surface area contributed by atoms with Crippen LogP contribution in [0.2, 0.25) is 10.3 Å². The Morgan fingerprint density at radius 2 is 1.79 bits per heavy atom. The molecule has 0 aliphatic heterocycles. The minimum absolute atomic E-state index is 0.239. The number of carbonyl (C=O) groups excluding carboxylic acids is 1. The summed E-state index contributed by atoms with van der Waals surface area (Å²) < 4.78 is 0. The van der Waals surface area contributed by atoms with E-state index in [4.69, 9.17) is 28.0 Å². The second-order valence-corrected chi connectivity index (χ2v) is 4.30. The molecule has 0 spiro atoms. The van der Waals surface area contributed by atoms with Gasteiger partial charge in [0.25, 0.3) is 0 Å². The zero-order valence-corrected chi connectivity index (χ0v) is 11.1. The molecule has 96 valence electrons. The van der Waals surface area contributed by atoms with Crippen LogP contribution in [0.3, 0.4) is 0 Å². The fourth-order valence-corrected chi connectivity index (χ4v) is 1.80. The lowest BCUT2D eigenvalue weighted by atomic mass is 10.2. The molecule has 0 bridgehead atoms. The summed E-state index contributed by atoms with van der Waals surface area (Å²) in [5.41, 5.74) is 1.01. The summed E-state index contributed by atoms with van der Waals surface area (Å²) in [6.07, 6.45) is 1.33. The van der Waals surface area contributed by atoms with Gasteiger partial charge in [0.05, 0.1) is 11.8 Å². The van der Waals surface area contributed by atoms with E-state index in [2.05, 4.69) is 10.1 Å². The molecule has 0 amide bonds. The molecule has 0 fully saturated rings. The van der Waals surface area contributed by atoms with E-state index in [1.807, 2.05) is 0 Å². The van der Waals surface area contributed by atoms with E-state index in [1.165, 1.54) is 6.21 Å². The zero-order valence-electron chi connectivity index (χ0n) is 9.59. The second-order valence-electron chi connectivity index (χ2n) is 3.53. The van der Waals surface area contributed by atoms with E-state index in [0.717, 1.165) is 0 Å². The first kappa shape index (κ1) is 13.5. The first-order valence-corrected chi connectivity index (χ1v) is 6.03. The number of benzene rings is 1. The third-order valence-electron chi connectivity index (χ3n) is 2.13. The van der Waals surface area contributed by atoms with Crippen molar-refractivity contribution in [1.82, 2.24) is 4.98 Å². The van der Waals surface area contributed by atoms with Crippen molar-refractivity contribution in [3.63, 3.8) is 0 Å². The summed E-state index contributed by atoms with van der Waals surface area (Å²) in [6.45, 7) is 0. The molecule has 0 unspecified atom stereocenters. The standard InChI is InChI=1S/C13H8Cl2N2O2/c14-11-6-9(7-12(15)17-11)8-16-19-13(18)10-4-2-1-3-5-10/h1-8H/b16-8-. The van der Waals surface area contributed by atoms with Crippen molar-refractivity contribution in [2.75, 3.05) is 0 Å². The summed E-state index contributed by atoms with van der Waals surface area (Å²) in [5, 5.41) is 4.06. The lowest BCUT2D eigenvalue weighted by Gasteiger charge is -1.98. The van der Waals surface area contributed by atoms with E-state index >= 15 is 0 Å². The van der Waals surface area contributed by atoms with Gasteiger partial charge in [0.1, 0.15) is 10.3 Å². The van der Waals surface area contributed by atoms with Gasteiger partial charge in [-0.05, 0) is 24.3 Å². The van der Waals surface area contributed by atoms with Gasteiger partial charge >= 0.3 is 5.97 Å². The monoisotopic (exact) mass is 294 g/mol. The molecule has 0 radical (unpaired) electrons. The second kappa shape index (κ2) is 6.31. The Kier molecular flexibility index (Phi) is 4.49. The molecule has 6 heteroatoms. The van der Waals surface area contributed by atoms with Crippen molar-refractivity contribution in [3.05, 3.63) is 63.9 Å². The van der Waals surface area contributed by atoms with Crippen LogP contribution < -0.4 is 0 Å². The number of oxime groups is 1. The van der Waals surface area contributed by atoms with Crippen LogP contribution in [0.1, 0.15) is 15.9 Å². The number of nitrogens with zero attached hydrogens (tertiary/aromatic N) is 2. The summed E-state index contributed by atoms with van der Waals surface area (Å²) in [5.74, 6) is -0.539. The van der Waals surface area contributed by atoms with Crippen LogP contribution in [0, 0.1) is 0 Å². The minimum atomic E-state index is -0.539. The summed E-state index contributed by atoms with van der Waals surface area (Å²) in [6, 6.07) is 11.7. The minimum Gasteiger partial charge on any atom is -0.313 e. The Morgan fingerprint density at radius 3 is 2.42 bits per heavy atom. The number of carbonyl (C=O) groups is 1. The van der Waals surface area contributed by atoms with Crippen molar-refractivity contribution in [2.24, 2.45) is 5.16 Å². The molecule has 0 atom stereocenters. The van der Waals surface area contributed by atoms with E-state index in [9.17, 15) is 4.79 Å². The first-order chi connectivity index (χ1) is 9.15. The van der Waals surface area contributed by atoms with Crippen molar-refractivity contribution in [1.29, 1.82) is 0 Å². The molecular formula is C13H8Cl2N2O2. The van der Waals surface area contributed by atoms with Gasteiger partial charge in [0.2, 0.25) is 0 Å². The molecule has 4 nitrogen and oxygen atoms in total. The number of rotatable bonds is 3. The van der Waals surface area contributed by atoms with Crippen LogP contribution in [-0.2, 0) is 4.84 Å². The Hall–Kier alpha value is -1.91. The summed E-state index contributed by atoms with van der Waals surface area (Å²) in [4.78, 5) is 20.1. The SMILES string of the molecule is O=C(O/N=C\c1cc(Cl)nc(Cl)c1)c1ccccc1. The number of halogens is 2. The van der Waals surface area contributed by atoms with Crippen LogP contribution in [0.25, 0.3) is 0 Å². The maximum atomic E-state index is 11.6. The molecule has 0 N–H and O–H groups in total. The molecule has 2 rings (SSSR count). The van der Waals surface area contributed by atoms with E-state index < -0.39 is 5.97 Å². The van der Waals surface area contributed by atoms with Crippen molar-refractivity contribution in [2.45, 2.75) is 0 Å². The highest BCUT2D eigenvalue weighted by Crippen LogP contribution is 2.13. The van der Waals surface area contributed by atoms with Crippen LogP contribution in [0.4, 0.5) is 0 Å². The molecule has 19 heavy (non-hydrogen) atoms. The molecule has 0 aliphatic rings. The molecule has 1 heterocycles. The smallest absolute Gasteiger partial charge is 0.313 e. The van der Waals surface area contributed by atoms with Crippen molar-refractivity contribution in [3.8, 4) is 0 Å². The quantitative estimate of drug-likeness (QED) is 0.376. The highest BCUT2D eigenvalue weighted by molar-refractivity contribution is 6.32. The zero-order chi connectivity index (χ0) is 13.7. The number of pyridine rings is 1. The Morgan fingerprint density at radius 1 is 1.16 bits per heavy atom. The van der Waals surface area contributed by atoms with Gasteiger partial charge < -0.3 is 4.84 Å². The highest BCUT2D eigenvalue weighted by Gasteiger charge is 2.04.